The van der Waals surface area contributed by atoms with E-state index in [1.807, 2.05) is 13.3 Å². The number of rotatable bonds is 3. The SMILES string of the molecule is CC1CC(P(C)(C)=O)CN(c2cc(-c3cnc4ccc(C(F)(F)F)nn34)ncn2)C1. The predicted octanol–water partition coefficient (Wildman–Crippen LogP) is 4.04. The van der Waals surface area contributed by atoms with Crippen molar-refractivity contribution in [2.75, 3.05) is 31.3 Å². The summed E-state index contributed by atoms with van der Waals surface area (Å²) in [7, 11) is -2.27. The first-order valence-corrected chi connectivity index (χ1v) is 12.2. The van der Waals surface area contributed by atoms with Crippen LogP contribution in [0.15, 0.2) is 30.7 Å². The normalized spacial score (nSPS) is 20.7. The third kappa shape index (κ3) is 4.05. The van der Waals surface area contributed by atoms with Crippen LogP contribution >= 0.6 is 7.14 Å². The lowest BCUT2D eigenvalue weighted by molar-refractivity contribution is -0.141. The van der Waals surface area contributed by atoms with E-state index in [2.05, 4.69) is 31.9 Å². The molecule has 2 unspecified atom stereocenters. The summed E-state index contributed by atoms with van der Waals surface area (Å²) in [5, 5.41) is 3.70. The standard InChI is InChI=1S/C19H22F3N6OP/c1-12-6-13(30(2,3)29)10-27(9-12)18-7-14(24-11-25-18)15-8-23-17-5-4-16(19(20,21)22)26-28(15)17/h4-5,7-8,11-13H,6,9-10H2,1-3H3. The molecule has 0 N–H and O–H groups in total. The highest BCUT2D eigenvalue weighted by atomic mass is 31.2. The van der Waals surface area contributed by atoms with Gasteiger partial charge in [0.1, 0.15) is 17.8 Å². The lowest BCUT2D eigenvalue weighted by atomic mass is 10.00. The van der Waals surface area contributed by atoms with Gasteiger partial charge in [0.2, 0.25) is 0 Å². The van der Waals surface area contributed by atoms with Crippen molar-refractivity contribution in [1.29, 1.82) is 0 Å². The molecule has 0 bridgehead atoms. The van der Waals surface area contributed by atoms with Crippen molar-refractivity contribution in [3.63, 3.8) is 0 Å². The average molecular weight is 438 g/mol. The molecule has 0 radical (unpaired) electrons. The summed E-state index contributed by atoms with van der Waals surface area (Å²) in [5.41, 5.74) is 0.135. The summed E-state index contributed by atoms with van der Waals surface area (Å²) in [4.78, 5) is 14.8. The molecule has 1 aliphatic heterocycles. The van der Waals surface area contributed by atoms with Gasteiger partial charge in [-0.1, -0.05) is 6.92 Å². The number of hydrogen-bond donors (Lipinski definition) is 0. The van der Waals surface area contributed by atoms with E-state index in [0.717, 1.165) is 23.5 Å². The quantitative estimate of drug-likeness (QED) is 0.575. The van der Waals surface area contributed by atoms with E-state index >= 15 is 0 Å². The number of imidazole rings is 1. The van der Waals surface area contributed by atoms with Gasteiger partial charge < -0.3 is 9.46 Å². The Bertz CT molecular complexity index is 1120. The summed E-state index contributed by atoms with van der Waals surface area (Å²) in [6.45, 7) is 7.11. The Balaban J connectivity index is 1.71. The summed E-state index contributed by atoms with van der Waals surface area (Å²) < 4.78 is 53.0. The highest BCUT2D eigenvalue weighted by Gasteiger charge is 2.34. The molecular formula is C19H22F3N6OP. The minimum Gasteiger partial charge on any atom is -0.355 e. The fraction of sp³-hybridized carbons (Fsp3) is 0.474. The van der Waals surface area contributed by atoms with Crippen molar-refractivity contribution in [3.8, 4) is 11.4 Å². The van der Waals surface area contributed by atoms with Crippen LogP contribution in [0.1, 0.15) is 19.0 Å². The molecule has 1 fully saturated rings. The minimum absolute atomic E-state index is 0.0754. The van der Waals surface area contributed by atoms with Crippen molar-refractivity contribution in [2.45, 2.75) is 25.2 Å². The van der Waals surface area contributed by atoms with Gasteiger partial charge in [-0.05, 0) is 37.8 Å². The second kappa shape index (κ2) is 7.34. The van der Waals surface area contributed by atoms with E-state index in [1.54, 1.807) is 6.07 Å². The van der Waals surface area contributed by atoms with E-state index in [0.29, 0.717) is 35.3 Å². The first kappa shape index (κ1) is 20.8. The molecule has 160 valence electrons. The minimum atomic E-state index is -4.56. The molecule has 1 aliphatic rings. The van der Waals surface area contributed by atoms with Crippen LogP contribution in [0.2, 0.25) is 0 Å². The maximum absolute atomic E-state index is 13.1. The van der Waals surface area contributed by atoms with Crippen molar-refractivity contribution in [1.82, 2.24) is 24.6 Å². The van der Waals surface area contributed by atoms with E-state index in [1.165, 1.54) is 18.6 Å². The van der Waals surface area contributed by atoms with Crippen LogP contribution in [0.3, 0.4) is 0 Å². The van der Waals surface area contributed by atoms with Gasteiger partial charge >= 0.3 is 6.18 Å². The zero-order valence-electron chi connectivity index (χ0n) is 16.8. The lowest BCUT2D eigenvalue weighted by Crippen LogP contribution is -2.42. The van der Waals surface area contributed by atoms with Gasteiger partial charge in [0.15, 0.2) is 11.3 Å². The Labute approximate surface area is 171 Å². The summed E-state index contributed by atoms with van der Waals surface area (Å²) in [6, 6.07) is 3.90. The second-order valence-corrected chi connectivity index (χ2v) is 11.8. The molecule has 4 heterocycles. The Kier molecular flexibility index (Phi) is 5.08. The van der Waals surface area contributed by atoms with Gasteiger partial charge in [0.25, 0.3) is 0 Å². The highest BCUT2D eigenvalue weighted by molar-refractivity contribution is 7.63. The van der Waals surface area contributed by atoms with Crippen LogP contribution in [0, 0.1) is 5.92 Å². The van der Waals surface area contributed by atoms with E-state index in [-0.39, 0.29) is 5.66 Å². The van der Waals surface area contributed by atoms with Crippen molar-refractivity contribution in [2.24, 2.45) is 5.92 Å². The topological polar surface area (TPSA) is 76.3 Å². The molecule has 11 heteroatoms. The predicted molar refractivity (Wildman–Crippen MR) is 108 cm³/mol. The maximum atomic E-state index is 13.1. The summed E-state index contributed by atoms with van der Waals surface area (Å²) in [6.07, 6.45) is -0.832. The number of piperidine rings is 1. The number of halogens is 3. The molecule has 7 nitrogen and oxygen atoms in total. The van der Waals surface area contributed by atoms with Gasteiger partial charge in [-0.3, -0.25) is 0 Å². The molecule has 1 saturated heterocycles. The van der Waals surface area contributed by atoms with Gasteiger partial charge in [-0.25, -0.2) is 19.5 Å². The number of anilines is 1. The van der Waals surface area contributed by atoms with Gasteiger partial charge in [0.05, 0.1) is 19.0 Å². The van der Waals surface area contributed by atoms with Gasteiger partial charge in [-0.2, -0.15) is 18.3 Å². The number of alkyl halides is 3. The Morgan fingerprint density at radius 2 is 1.90 bits per heavy atom. The van der Waals surface area contributed by atoms with Crippen LogP contribution < -0.4 is 4.90 Å². The number of nitrogens with zero attached hydrogens (tertiary/aromatic N) is 6. The van der Waals surface area contributed by atoms with Crippen LogP contribution in [-0.4, -0.2) is 56.6 Å². The van der Waals surface area contributed by atoms with E-state index < -0.39 is 19.0 Å². The number of hydrogen-bond acceptors (Lipinski definition) is 6. The largest absolute Gasteiger partial charge is 0.435 e. The maximum Gasteiger partial charge on any atom is 0.435 e. The van der Waals surface area contributed by atoms with Crippen molar-refractivity contribution < 1.29 is 17.7 Å². The third-order valence-electron chi connectivity index (χ3n) is 5.41. The zero-order valence-corrected chi connectivity index (χ0v) is 17.7. The first-order valence-electron chi connectivity index (χ1n) is 9.56. The lowest BCUT2D eigenvalue weighted by Gasteiger charge is -2.38. The fourth-order valence-electron chi connectivity index (χ4n) is 3.82. The average Bonchev–Trinajstić information content (AvgIpc) is 3.09. The molecular weight excluding hydrogens is 416 g/mol. The first-order chi connectivity index (χ1) is 14.0. The molecule has 0 aliphatic carbocycles. The molecule has 0 spiro atoms. The Morgan fingerprint density at radius 1 is 1.13 bits per heavy atom. The van der Waals surface area contributed by atoms with Gasteiger partial charge in [-0.15, -0.1) is 0 Å². The Hall–Kier alpha value is -2.48. The van der Waals surface area contributed by atoms with Crippen LogP contribution in [0.4, 0.5) is 19.0 Å². The molecule has 30 heavy (non-hydrogen) atoms. The van der Waals surface area contributed by atoms with Gasteiger partial charge in [0, 0.05) is 24.8 Å². The molecule has 0 amide bonds. The smallest absolute Gasteiger partial charge is 0.355 e. The highest BCUT2D eigenvalue weighted by Crippen LogP contribution is 2.47. The van der Waals surface area contributed by atoms with E-state index in [9.17, 15) is 17.7 Å². The molecule has 4 rings (SSSR count). The molecule has 2 atom stereocenters. The fourth-order valence-corrected chi connectivity index (χ4v) is 5.27. The summed E-state index contributed by atoms with van der Waals surface area (Å²) in [5.74, 6) is 0.995. The van der Waals surface area contributed by atoms with Crippen molar-refractivity contribution >= 4 is 18.6 Å². The second-order valence-electron chi connectivity index (χ2n) is 8.23. The van der Waals surface area contributed by atoms with E-state index in [4.69, 9.17) is 0 Å². The molecule has 3 aromatic heterocycles. The number of aromatic nitrogens is 5. The molecule has 3 aromatic rings. The zero-order chi connectivity index (χ0) is 21.7. The number of fused-ring (bicyclic) bond motifs is 1. The van der Waals surface area contributed by atoms with Crippen LogP contribution in [0.25, 0.3) is 17.0 Å². The molecule has 0 aromatic carbocycles. The molecule has 0 saturated carbocycles. The third-order valence-corrected chi connectivity index (χ3v) is 7.54. The van der Waals surface area contributed by atoms with Crippen LogP contribution in [0.5, 0.6) is 0 Å². The van der Waals surface area contributed by atoms with Crippen molar-refractivity contribution in [3.05, 3.63) is 36.4 Å². The summed E-state index contributed by atoms with van der Waals surface area (Å²) >= 11 is 0. The Morgan fingerprint density at radius 3 is 2.60 bits per heavy atom. The monoisotopic (exact) mass is 438 g/mol. The van der Waals surface area contributed by atoms with Crippen LogP contribution in [-0.2, 0) is 10.7 Å².